The molecular weight excluding hydrogens is 272 g/mol. The summed E-state index contributed by atoms with van der Waals surface area (Å²) in [6, 6.07) is 20.2. The zero-order valence-electron chi connectivity index (χ0n) is 12.7. The summed E-state index contributed by atoms with van der Waals surface area (Å²) in [6.07, 6.45) is 2.17. The van der Waals surface area contributed by atoms with Crippen LogP contribution in [0.15, 0.2) is 60.7 Å². The maximum absolute atomic E-state index is 12.9. The van der Waals surface area contributed by atoms with Crippen molar-refractivity contribution in [1.82, 2.24) is 10.6 Å². The Balaban J connectivity index is 1.83. The predicted octanol–water partition coefficient (Wildman–Crippen LogP) is 2.69. The van der Waals surface area contributed by atoms with Crippen LogP contribution in [0.3, 0.4) is 0 Å². The second kappa shape index (κ2) is 7.23. The minimum absolute atomic E-state index is 0.0890. The van der Waals surface area contributed by atoms with Gasteiger partial charge in [-0.1, -0.05) is 60.7 Å². The third-order valence-electron chi connectivity index (χ3n) is 4.17. The SMILES string of the molecule is O=C(N[C@H]1CCCNC1)C(c1ccccc1)c1ccccc1. The maximum Gasteiger partial charge on any atom is 0.232 e. The van der Waals surface area contributed by atoms with E-state index in [1.807, 2.05) is 60.7 Å². The monoisotopic (exact) mass is 294 g/mol. The van der Waals surface area contributed by atoms with Gasteiger partial charge in [0, 0.05) is 12.6 Å². The van der Waals surface area contributed by atoms with Crippen LogP contribution in [0.4, 0.5) is 0 Å². The highest BCUT2D eigenvalue weighted by atomic mass is 16.1. The molecule has 114 valence electrons. The van der Waals surface area contributed by atoms with Crippen LogP contribution in [0.1, 0.15) is 29.9 Å². The zero-order chi connectivity index (χ0) is 15.2. The van der Waals surface area contributed by atoms with Crippen molar-refractivity contribution in [3.05, 3.63) is 71.8 Å². The van der Waals surface area contributed by atoms with E-state index < -0.39 is 0 Å². The molecule has 2 aromatic carbocycles. The lowest BCUT2D eigenvalue weighted by Gasteiger charge is -2.26. The predicted molar refractivity (Wildman–Crippen MR) is 88.8 cm³/mol. The van der Waals surface area contributed by atoms with Gasteiger partial charge in [-0.15, -0.1) is 0 Å². The number of carbonyl (C=O) groups excluding carboxylic acids is 1. The molecule has 0 radical (unpaired) electrons. The molecule has 3 rings (SSSR count). The summed E-state index contributed by atoms with van der Waals surface area (Å²) >= 11 is 0. The van der Waals surface area contributed by atoms with E-state index in [2.05, 4.69) is 10.6 Å². The second-order valence-corrected chi connectivity index (χ2v) is 5.81. The Labute approximate surface area is 131 Å². The summed E-state index contributed by atoms with van der Waals surface area (Å²) < 4.78 is 0. The number of carbonyl (C=O) groups is 1. The van der Waals surface area contributed by atoms with Crippen molar-refractivity contribution in [2.45, 2.75) is 24.8 Å². The molecule has 1 aliphatic heterocycles. The molecule has 0 aliphatic carbocycles. The first-order valence-electron chi connectivity index (χ1n) is 7.95. The topological polar surface area (TPSA) is 41.1 Å². The van der Waals surface area contributed by atoms with Crippen LogP contribution in [0.2, 0.25) is 0 Å². The molecule has 1 aliphatic rings. The summed E-state index contributed by atoms with van der Waals surface area (Å²) in [4.78, 5) is 12.9. The summed E-state index contributed by atoms with van der Waals surface area (Å²) in [5.74, 6) is -0.157. The van der Waals surface area contributed by atoms with Gasteiger partial charge in [0.2, 0.25) is 5.91 Å². The van der Waals surface area contributed by atoms with Crippen LogP contribution >= 0.6 is 0 Å². The van der Waals surface area contributed by atoms with E-state index in [1.54, 1.807) is 0 Å². The quantitative estimate of drug-likeness (QED) is 0.910. The lowest BCUT2D eigenvalue weighted by Crippen LogP contribution is -2.47. The first-order chi connectivity index (χ1) is 10.8. The number of amides is 1. The fourth-order valence-corrected chi connectivity index (χ4v) is 3.05. The number of hydrogen-bond donors (Lipinski definition) is 2. The minimum Gasteiger partial charge on any atom is -0.351 e. The summed E-state index contributed by atoms with van der Waals surface area (Å²) in [7, 11) is 0. The number of hydrogen-bond acceptors (Lipinski definition) is 2. The van der Waals surface area contributed by atoms with E-state index in [4.69, 9.17) is 0 Å². The summed E-state index contributed by atoms with van der Waals surface area (Å²) in [5.41, 5.74) is 2.07. The first-order valence-corrected chi connectivity index (χ1v) is 7.95. The Morgan fingerprint density at radius 3 is 2.09 bits per heavy atom. The van der Waals surface area contributed by atoms with Crippen molar-refractivity contribution in [3.63, 3.8) is 0 Å². The average Bonchev–Trinajstić information content (AvgIpc) is 2.58. The third kappa shape index (κ3) is 3.55. The fourth-order valence-electron chi connectivity index (χ4n) is 3.05. The number of rotatable bonds is 4. The molecule has 0 saturated carbocycles. The van der Waals surface area contributed by atoms with Gasteiger partial charge in [-0.2, -0.15) is 0 Å². The molecule has 3 heteroatoms. The Kier molecular flexibility index (Phi) is 4.86. The van der Waals surface area contributed by atoms with Gasteiger partial charge in [-0.3, -0.25) is 4.79 Å². The summed E-state index contributed by atoms with van der Waals surface area (Å²) in [5, 5.41) is 6.56. The zero-order valence-corrected chi connectivity index (χ0v) is 12.7. The third-order valence-corrected chi connectivity index (χ3v) is 4.17. The largest absolute Gasteiger partial charge is 0.351 e. The van der Waals surface area contributed by atoms with E-state index in [1.165, 1.54) is 0 Å². The van der Waals surface area contributed by atoms with E-state index in [0.29, 0.717) is 0 Å². The molecule has 0 aromatic heterocycles. The lowest BCUT2D eigenvalue weighted by molar-refractivity contribution is -0.122. The molecule has 0 bridgehead atoms. The standard InChI is InChI=1S/C19H22N2O/c22-19(21-17-12-7-13-20-14-17)18(15-8-3-1-4-9-15)16-10-5-2-6-11-16/h1-6,8-11,17-18,20H,7,12-14H2,(H,21,22)/t17-/m0/s1. The van der Waals surface area contributed by atoms with Crippen molar-refractivity contribution in [2.75, 3.05) is 13.1 Å². The van der Waals surface area contributed by atoms with Gasteiger partial charge in [0.1, 0.15) is 0 Å². The number of benzene rings is 2. The van der Waals surface area contributed by atoms with Gasteiger partial charge >= 0.3 is 0 Å². The van der Waals surface area contributed by atoms with Crippen LogP contribution < -0.4 is 10.6 Å². The van der Waals surface area contributed by atoms with Crippen LogP contribution in [-0.4, -0.2) is 25.0 Å². The minimum atomic E-state index is -0.246. The molecule has 2 N–H and O–H groups in total. The maximum atomic E-state index is 12.9. The van der Waals surface area contributed by atoms with E-state index in [9.17, 15) is 4.79 Å². The lowest BCUT2D eigenvalue weighted by atomic mass is 9.90. The molecule has 1 fully saturated rings. The molecule has 1 saturated heterocycles. The smallest absolute Gasteiger partial charge is 0.232 e. The van der Waals surface area contributed by atoms with Gasteiger partial charge in [-0.25, -0.2) is 0 Å². The van der Waals surface area contributed by atoms with Crippen molar-refractivity contribution >= 4 is 5.91 Å². The van der Waals surface area contributed by atoms with Crippen LogP contribution in [0.5, 0.6) is 0 Å². The van der Waals surface area contributed by atoms with Crippen molar-refractivity contribution < 1.29 is 4.79 Å². The Hall–Kier alpha value is -2.13. The van der Waals surface area contributed by atoms with Gasteiger partial charge in [0.05, 0.1) is 5.92 Å². The van der Waals surface area contributed by atoms with Crippen LogP contribution in [0.25, 0.3) is 0 Å². The molecule has 3 nitrogen and oxygen atoms in total. The molecule has 0 unspecified atom stereocenters. The fraction of sp³-hybridized carbons (Fsp3) is 0.316. The van der Waals surface area contributed by atoms with Crippen molar-refractivity contribution in [2.24, 2.45) is 0 Å². The molecule has 2 aromatic rings. The highest BCUT2D eigenvalue weighted by Gasteiger charge is 2.25. The Bertz CT molecular complexity index is 552. The molecule has 0 spiro atoms. The van der Waals surface area contributed by atoms with E-state index in [0.717, 1.165) is 37.1 Å². The van der Waals surface area contributed by atoms with Gasteiger partial charge in [0.15, 0.2) is 0 Å². The van der Waals surface area contributed by atoms with Crippen molar-refractivity contribution in [1.29, 1.82) is 0 Å². The second-order valence-electron chi connectivity index (χ2n) is 5.81. The van der Waals surface area contributed by atoms with E-state index >= 15 is 0 Å². The van der Waals surface area contributed by atoms with Gasteiger partial charge in [-0.05, 0) is 30.5 Å². The molecule has 1 heterocycles. The van der Waals surface area contributed by atoms with Gasteiger partial charge < -0.3 is 10.6 Å². The first kappa shape index (κ1) is 14.8. The highest BCUT2D eigenvalue weighted by Crippen LogP contribution is 2.25. The molecule has 22 heavy (non-hydrogen) atoms. The Morgan fingerprint density at radius 1 is 1.00 bits per heavy atom. The van der Waals surface area contributed by atoms with Gasteiger partial charge in [0.25, 0.3) is 0 Å². The van der Waals surface area contributed by atoms with E-state index in [-0.39, 0.29) is 17.9 Å². The van der Waals surface area contributed by atoms with Crippen molar-refractivity contribution in [3.8, 4) is 0 Å². The highest BCUT2D eigenvalue weighted by molar-refractivity contribution is 5.87. The normalized spacial score (nSPS) is 18.1. The number of nitrogens with one attached hydrogen (secondary N) is 2. The Morgan fingerprint density at radius 2 is 1.59 bits per heavy atom. The molecule has 1 amide bonds. The summed E-state index contributed by atoms with van der Waals surface area (Å²) in [6.45, 7) is 1.91. The van der Waals surface area contributed by atoms with Crippen LogP contribution in [-0.2, 0) is 4.79 Å². The number of piperidine rings is 1. The average molecular weight is 294 g/mol. The molecular formula is C19H22N2O. The van der Waals surface area contributed by atoms with Crippen LogP contribution in [0, 0.1) is 0 Å². The molecule has 1 atom stereocenters.